The van der Waals surface area contributed by atoms with Crippen LogP contribution in [0.2, 0.25) is 10.0 Å². The number of benzene rings is 3. The van der Waals surface area contributed by atoms with Crippen molar-refractivity contribution in [3.05, 3.63) is 94.0 Å². The molecule has 6 heteroatoms. The summed E-state index contributed by atoms with van der Waals surface area (Å²) in [7, 11) is 1.83. The van der Waals surface area contributed by atoms with Gasteiger partial charge in [0, 0.05) is 38.8 Å². The first-order valence-corrected chi connectivity index (χ1v) is 11.9. The first-order valence-electron chi connectivity index (χ1n) is 11.2. The number of rotatable bonds is 6. The van der Waals surface area contributed by atoms with Crippen LogP contribution in [0.15, 0.2) is 72.8 Å². The van der Waals surface area contributed by atoms with Crippen LogP contribution in [0, 0.1) is 0 Å². The molecule has 0 atom stereocenters. The standard InChI is InChI=1S/C27H28Cl2N2O2/c1-30(17-18-31-15-13-27(33,14-16-31)21-7-3-2-4-8-21)26(32)23-10-6-5-9-22(23)20-11-12-24(28)25(29)19-20/h2-12,19,33H,13-18H2,1H3. The minimum absolute atomic E-state index is 0.0329. The van der Waals surface area contributed by atoms with Crippen molar-refractivity contribution >= 4 is 29.1 Å². The molecule has 0 aromatic heterocycles. The summed E-state index contributed by atoms with van der Waals surface area (Å²) in [5.74, 6) is -0.0329. The third kappa shape index (κ3) is 5.42. The molecule has 3 aromatic rings. The number of amides is 1. The van der Waals surface area contributed by atoms with E-state index in [0.29, 0.717) is 35.0 Å². The zero-order valence-corrected chi connectivity index (χ0v) is 20.2. The smallest absolute Gasteiger partial charge is 0.254 e. The summed E-state index contributed by atoms with van der Waals surface area (Å²) in [6.45, 7) is 2.97. The topological polar surface area (TPSA) is 43.8 Å². The SMILES string of the molecule is CN(CCN1CCC(O)(c2ccccc2)CC1)C(=O)c1ccccc1-c1ccc(Cl)c(Cl)c1. The Bertz CT molecular complexity index is 1110. The lowest BCUT2D eigenvalue weighted by molar-refractivity contribution is -0.0267. The first-order chi connectivity index (χ1) is 15.9. The Hall–Kier alpha value is -2.37. The molecular weight excluding hydrogens is 455 g/mol. The number of piperidine rings is 1. The van der Waals surface area contributed by atoms with Crippen molar-refractivity contribution in [3.63, 3.8) is 0 Å². The molecule has 0 spiro atoms. The molecule has 0 radical (unpaired) electrons. The maximum atomic E-state index is 13.3. The molecule has 1 saturated heterocycles. The van der Waals surface area contributed by atoms with Crippen LogP contribution in [-0.4, -0.2) is 54.0 Å². The number of carbonyl (C=O) groups is 1. The molecule has 3 aromatic carbocycles. The molecule has 4 nitrogen and oxygen atoms in total. The van der Waals surface area contributed by atoms with E-state index in [4.69, 9.17) is 23.2 Å². The highest BCUT2D eigenvalue weighted by molar-refractivity contribution is 6.42. The molecule has 172 valence electrons. The predicted molar refractivity (Wildman–Crippen MR) is 135 cm³/mol. The van der Waals surface area contributed by atoms with Crippen molar-refractivity contribution in [2.45, 2.75) is 18.4 Å². The van der Waals surface area contributed by atoms with Crippen LogP contribution in [0.1, 0.15) is 28.8 Å². The van der Waals surface area contributed by atoms with Crippen molar-refractivity contribution in [1.82, 2.24) is 9.80 Å². The van der Waals surface area contributed by atoms with Crippen molar-refractivity contribution in [2.75, 3.05) is 33.2 Å². The van der Waals surface area contributed by atoms with Crippen molar-refractivity contribution in [2.24, 2.45) is 0 Å². The second-order valence-corrected chi connectivity index (χ2v) is 9.45. The van der Waals surface area contributed by atoms with Crippen LogP contribution in [0.25, 0.3) is 11.1 Å². The minimum Gasteiger partial charge on any atom is -0.385 e. The monoisotopic (exact) mass is 482 g/mol. The van der Waals surface area contributed by atoms with Gasteiger partial charge in [0.1, 0.15) is 0 Å². The molecule has 4 rings (SSSR count). The Balaban J connectivity index is 1.38. The number of hydrogen-bond donors (Lipinski definition) is 1. The highest BCUT2D eigenvalue weighted by Crippen LogP contribution is 2.33. The molecule has 1 heterocycles. The summed E-state index contributed by atoms with van der Waals surface area (Å²) in [5, 5.41) is 12.0. The molecule has 1 aliphatic heterocycles. The van der Waals surface area contributed by atoms with E-state index in [0.717, 1.165) is 36.3 Å². The summed E-state index contributed by atoms with van der Waals surface area (Å²) in [4.78, 5) is 17.3. The lowest BCUT2D eigenvalue weighted by Crippen LogP contribution is -2.45. The van der Waals surface area contributed by atoms with E-state index in [1.807, 2.05) is 67.7 Å². The summed E-state index contributed by atoms with van der Waals surface area (Å²) in [5.41, 5.74) is 2.54. The van der Waals surface area contributed by atoms with E-state index in [1.54, 1.807) is 17.0 Å². The third-order valence-corrected chi connectivity index (χ3v) is 7.22. The lowest BCUT2D eigenvalue weighted by atomic mass is 9.84. The molecule has 0 bridgehead atoms. The van der Waals surface area contributed by atoms with E-state index in [-0.39, 0.29) is 5.91 Å². The number of aliphatic hydroxyl groups is 1. The van der Waals surface area contributed by atoms with Crippen molar-refractivity contribution in [3.8, 4) is 11.1 Å². The Kier molecular flexibility index (Phi) is 7.40. The van der Waals surface area contributed by atoms with E-state index in [1.165, 1.54) is 0 Å². The molecular formula is C27H28Cl2N2O2. The Morgan fingerprint density at radius 1 is 0.970 bits per heavy atom. The number of carbonyl (C=O) groups excluding carboxylic acids is 1. The molecule has 1 aliphatic rings. The molecule has 0 saturated carbocycles. The van der Waals surface area contributed by atoms with Crippen LogP contribution < -0.4 is 0 Å². The van der Waals surface area contributed by atoms with E-state index in [2.05, 4.69) is 4.90 Å². The van der Waals surface area contributed by atoms with Gasteiger partial charge < -0.3 is 14.9 Å². The summed E-state index contributed by atoms with van der Waals surface area (Å²) < 4.78 is 0. The second-order valence-electron chi connectivity index (χ2n) is 8.64. The Labute approximate surface area is 205 Å². The van der Waals surface area contributed by atoms with Crippen LogP contribution in [0.5, 0.6) is 0 Å². The number of likely N-dealkylation sites (N-methyl/N-ethyl adjacent to an activating group) is 1. The van der Waals surface area contributed by atoms with Gasteiger partial charge in [0.25, 0.3) is 5.91 Å². The molecule has 0 unspecified atom stereocenters. The molecule has 0 aliphatic carbocycles. The maximum Gasteiger partial charge on any atom is 0.254 e. The first kappa shape index (κ1) is 23.8. The quantitative estimate of drug-likeness (QED) is 0.488. The fraction of sp³-hybridized carbons (Fsp3) is 0.296. The van der Waals surface area contributed by atoms with Gasteiger partial charge in [-0.15, -0.1) is 0 Å². The lowest BCUT2D eigenvalue weighted by Gasteiger charge is -2.39. The maximum absolute atomic E-state index is 13.3. The van der Waals surface area contributed by atoms with Crippen LogP contribution >= 0.6 is 23.2 Å². The van der Waals surface area contributed by atoms with Crippen LogP contribution in [-0.2, 0) is 5.60 Å². The van der Waals surface area contributed by atoms with Gasteiger partial charge in [-0.3, -0.25) is 4.79 Å². The fourth-order valence-corrected chi connectivity index (χ4v) is 4.67. The minimum atomic E-state index is -0.766. The molecule has 1 fully saturated rings. The highest BCUT2D eigenvalue weighted by atomic mass is 35.5. The van der Waals surface area contributed by atoms with Crippen LogP contribution in [0.4, 0.5) is 0 Å². The predicted octanol–water partition coefficient (Wildman–Crippen LogP) is 5.72. The summed E-state index contributed by atoms with van der Waals surface area (Å²) in [6.07, 6.45) is 1.38. The van der Waals surface area contributed by atoms with Gasteiger partial charge in [0.05, 0.1) is 15.6 Å². The average Bonchev–Trinajstić information content (AvgIpc) is 2.85. The van der Waals surface area contributed by atoms with Crippen LogP contribution in [0.3, 0.4) is 0 Å². The summed E-state index contributed by atoms with van der Waals surface area (Å²) in [6, 6.07) is 22.9. The third-order valence-electron chi connectivity index (χ3n) is 6.48. The number of likely N-dealkylation sites (tertiary alicyclic amines) is 1. The van der Waals surface area contributed by atoms with E-state index < -0.39 is 5.60 Å². The van der Waals surface area contributed by atoms with E-state index in [9.17, 15) is 9.90 Å². The van der Waals surface area contributed by atoms with Crippen molar-refractivity contribution in [1.29, 1.82) is 0 Å². The van der Waals surface area contributed by atoms with Gasteiger partial charge in [-0.1, -0.05) is 77.8 Å². The number of nitrogens with zero attached hydrogens (tertiary/aromatic N) is 2. The van der Waals surface area contributed by atoms with Gasteiger partial charge in [-0.25, -0.2) is 0 Å². The molecule has 1 amide bonds. The Morgan fingerprint density at radius 2 is 1.64 bits per heavy atom. The fourth-order valence-electron chi connectivity index (χ4n) is 4.37. The molecule has 33 heavy (non-hydrogen) atoms. The number of hydrogen-bond acceptors (Lipinski definition) is 3. The normalized spacial score (nSPS) is 15.9. The zero-order valence-electron chi connectivity index (χ0n) is 18.7. The van der Waals surface area contributed by atoms with Gasteiger partial charge in [0.15, 0.2) is 0 Å². The second kappa shape index (κ2) is 10.3. The van der Waals surface area contributed by atoms with Crippen molar-refractivity contribution < 1.29 is 9.90 Å². The van der Waals surface area contributed by atoms with E-state index >= 15 is 0 Å². The van der Waals surface area contributed by atoms with Gasteiger partial charge >= 0.3 is 0 Å². The molecule has 1 N–H and O–H groups in total. The summed E-state index contributed by atoms with van der Waals surface area (Å²) >= 11 is 12.3. The Morgan fingerprint density at radius 3 is 2.33 bits per heavy atom. The largest absolute Gasteiger partial charge is 0.385 e. The average molecular weight is 483 g/mol. The highest BCUT2D eigenvalue weighted by Gasteiger charge is 2.33. The van der Waals surface area contributed by atoms with Gasteiger partial charge in [-0.2, -0.15) is 0 Å². The van der Waals surface area contributed by atoms with Gasteiger partial charge in [-0.05, 0) is 47.7 Å². The van der Waals surface area contributed by atoms with Gasteiger partial charge in [0.2, 0.25) is 0 Å². The zero-order chi connectivity index (χ0) is 23.4. The number of halogens is 2.